The van der Waals surface area contributed by atoms with Gasteiger partial charge in [0.1, 0.15) is 0 Å². The number of ether oxygens (including phenoxy) is 3. The Hall–Kier alpha value is -2.75. The first kappa shape index (κ1) is 13.7. The van der Waals surface area contributed by atoms with E-state index in [9.17, 15) is 9.59 Å². The number of esters is 1. The van der Waals surface area contributed by atoms with Gasteiger partial charge in [-0.1, -0.05) is 0 Å². The SMILES string of the molecule is N#CCCNC(=O)COC(=O)c1ccc2c(c1)OCO2. The van der Waals surface area contributed by atoms with Crippen LogP contribution in [0.5, 0.6) is 11.5 Å². The molecule has 0 fully saturated rings. The Kier molecular flexibility index (Phi) is 4.39. The van der Waals surface area contributed by atoms with Gasteiger partial charge in [0.25, 0.3) is 5.91 Å². The third-order valence-electron chi connectivity index (χ3n) is 2.50. The van der Waals surface area contributed by atoms with E-state index in [1.807, 2.05) is 6.07 Å². The van der Waals surface area contributed by atoms with Crippen molar-refractivity contribution < 1.29 is 23.8 Å². The van der Waals surface area contributed by atoms with Gasteiger partial charge < -0.3 is 19.5 Å². The molecular formula is C13H12N2O5. The summed E-state index contributed by atoms with van der Waals surface area (Å²) in [5.41, 5.74) is 0.277. The van der Waals surface area contributed by atoms with E-state index in [2.05, 4.69) is 5.32 Å². The minimum absolute atomic E-state index is 0.120. The van der Waals surface area contributed by atoms with Gasteiger partial charge in [-0.3, -0.25) is 4.79 Å². The summed E-state index contributed by atoms with van der Waals surface area (Å²) in [5.74, 6) is -0.0400. The molecule has 0 saturated heterocycles. The molecule has 7 heteroatoms. The lowest BCUT2D eigenvalue weighted by Crippen LogP contribution is -2.29. The van der Waals surface area contributed by atoms with Crippen LogP contribution in [0.4, 0.5) is 0 Å². The molecule has 1 aliphatic rings. The van der Waals surface area contributed by atoms with E-state index < -0.39 is 18.5 Å². The fraction of sp³-hybridized carbons (Fsp3) is 0.308. The zero-order chi connectivity index (χ0) is 14.4. The smallest absolute Gasteiger partial charge is 0.338 e. The maximum atomic E-state index is 11.7. The van der Waals surface area contributed by atoms with E-state index in [0.29, 0.717) is 11.5 Å². The molecule has 0 unspecified atom stereocenters. The maximum absolute atomic E-state index is 11.7. The molecule has 0 aromatic heterocycles. The van der Waals surface area contributed by atoms with Crippen LogP contribution in [0.25, 0.3) is 0 Å². The topological polar surface area (TPSA) is 97.7 Å². The molecule has 1 aromatic carbocycles. The van der Waals surface area contributed by atoms with Crippen LogP contribution in [-0.4, -0.2) is 31.8 Å². The number of rotatable bonds is 5. The molecular weight excluding hydrogens is 264 g/mol. The number of fused-ring (bicyclic) bond motifs is 1. The van der Waals surface area contributed by atoms with Crippen molar-refractivity contribution in [3.8, 4) is 17.6 Å². The van der Waals surface area contributed by atoms with Crippen LogP contribution in [-0.2, 0) is 9.53 Å². The lowest BCUT2D eigenvalue weighted by atomic mass is 10.2. The molecule has 0 aliphatic carbocycles. The van der Waals surface area contributed by atoms with Gasteiger partial charge >= 0.3 is 5.97 Å². The van der Waals surface area contributed by atoms with E-state index in [4.69, 9.17) is 19.5 Å². The first-order valence-corrected chi connectivity index (χ1v) is 5.91. The molecule has 2 rings (SSSR count). The largest absolute Gasteiger partial charge is 0.454 e. The van der Waals surface area contributed by atoms with E-state index in [-0.39, 0.29) is 25.3 Å². The fourth-order valence-electron chi connectivity index (χ4n) is 1.55. The second-order valence-corrected chi connectivity index (χ2v) is 3.90. The van der Waals surface area contributed by atoms with Crippen LogP contribution < -0.4 is 14.8 Å². The first-order chi connectivity index (χ1) is 9.70. The molecule has 104 valence electrons. The van der Waals surface area contributed by atoms with Gasteiger partial charge in [-0.15, -0.1) is 0 Å². The summed E-state index contributed by atoms with van der Waals surface area (Å²) in [4.78, 5) is 23.0. The molecule has 1 heterocycles. The standard InChI is InChI=1S/C13H12N2O5/c14-4-1-5-15-12(16)7-18-13(17)9-2-3-10-11(6-9)20-8-19-10/h2-3,6H,1,5,7-8H2,(H,15,16). The van der Waals surface area contributed by atoms with Gasteiger partial charge in [0.2, 0.25) is 6.79 Å². The molecule has 1 aliphatic heterocycles. The fourth-order valence-corrected chi connectivity index (χ4v) is 1.55. The van der Waals surface area contributed by atoms with Crippen molar-refractivity contribution in [1.82, 2.24) is 5.32 Å². The van der Waals surface area contributed by atoms with Gasteiger partial charge in [0.05, 0.1) is 18.1 Å². The zero-order valence-electron chi connectivity index (χ0n) is 10.5. The van der Waals surface area contributed by atoms with Gasteiger partial charge in [-0.25, -0.2) is 4.79 Å². The predicted molar refractivity (Wildman–Crippen MR) is 66.1 cm³/mol. The number of carbonyl (C=O) groups is 2. The summed E-state index contributed by atoms with van der Waals surface area (Å²) in [6.07, 6.45) is 0.210. The summed E-state index contributed by atoms with van der Waals surface area (Å²) < 4.78 is 15.1. The van der Waals surface area contributed by atoms with Gasteiger partial charge in [-0.05, 0) is 18.2 Å². The first-order valence-electron chi connectivity index (χ1n) is 5.91. The van der Waals surface area contributed by atoms with Crippen LogP contribution in [0.1, 0.15) is 16.8 Å². The average Bonchev–Trinajstić information content (AvgIpc) is 2.92. The van der Waals surface area contributed by atoms with Crippen LogP contribution >= 0.6 is 0 Å². The minimum atomic E-state index is -0.626. The Morgan fingerprint density at radius 2 is 2.15 bits per heavy atom. The number of benzene rings is 1. The van der Waals surface area contributed by atoms with Crippen molar-refractivity contribution in [2.75, 3.05) is 19.9 Å². The molecule has 0 spiro atoms. The van der Waals surface area contributed by atoms with Crippen molar-refractivity contribution in [2.45, 2.75) is 6.42 Å². The van der Waals surface area contributed by atoms with Crippen molar-refractivity contribution in [3.05, 3.63) is 23.8 Å². The average molecular weight is 276 g/mol. The van der Waals surface area contributed by atoms with Gasteiger partial charge in [-0.2, -0.15) is 5.26 Å². The third kappa shape index (κ3) is 3.38. The number of nitrogens with one attached hydrogen (secondary N) is 1. The monoisotopic (exact) mass is 276 g/mol. The van der Waals surface area contributed by atoms with Gasteiger partial charge in [0, 0.05) is 6.54 Å². The van der Waals surface area contributed by atoms with Crippen molar-refractivity contribution >= 4 is 11.9 Å². The highest BCUT2D eigenvalue weighted by Gasteiger charge is 2.17. The van der Waals surface area contributed by atoms with Crippen LogP contribution in [0.2, 0.25) is 0 Å². The molecule has 1 amide bonds. The summed E-state index contributed by atoms with van der Waals surface area (Å²) in [7, 11) is 0. The Morgan fingerprint density at radius 3 is 2.95 bits per heavy atom. The Labute approximate surface area is 115 Å². The highest BCUT2D eigenvalue weighted by atomic mass is 16.7. The molecule has 0 bridgehead atoms. The van der Waals surface area contributed by atoms with Crippen LogP contribution in [0, 0.1) is 11.3 Å². The maximum Gasteiger partial charge on any atom is 0.338 e. The summed E-state index contributed by atoms with van der Waals surface area (Å²) in [5, 5.41) is 10.8. The van der Waals surface area contributed by atoms with Crippen molar-refractivity contribution in [1.29, 1.82) is 5.26 Å². The molecule has 1 N–H and O–H groups in total. The quantitative estimate of drug-likeness (QED) is 0.624. The molecule has 0 radical (unpaired) electrons. The number of nitriles is 1. The molecule has 1 aromatic rings. The predicted octanol–water partition coefficient (Wildman–Crippen LogP) is 0.602. The minimum Gasteiger partial charge on any atom is -0.454 e. The normalized spacial score (nSPS) is 11.6. The molecule has 7 nitrogen and oxygen atoms in total. The van der Waals surface area contributed by atoms with Crippen molar-refractivity contribution in [3.63, 3.8) is 0 Å². The van der Waals surface area contributed by atoms with Crippen LogP contribution in [0.3, 0.4) is 0 Å². The van der Waals surface area contributed by atoms with E-state index >= 15 is 0 Å². The Balaban J connectivity index is 1.83. The number of hydrogen-bond acceptors (Lipinski definition) is 6. The summed E-state index contributed by atoms with van der Waals surface area (Å²) >= 11 is 0. The van der Waals surface area contributed by atoms with E-state index in [1.165, 1.54) is 12.1 Å². The number of hydrogen-bond donors (Lipinski definition) is 1. The number of amides is 1. The second-order valence-electron chi connectivity index (χ2n) is 3.90. The summed E-state index contributed by atoms with van der Waals surface area (Å²) in [6.45, 7) is -0.0370. The number of carbonyl (C=O) groups excluding carboxylic acids is 2. The number of nitrogens with zero attached hydrogens (tertiary/aromatic N) is 1. The second kappa shape index (κ2) is 6.43. The van der Waals surface area contributed by atoms with E-state index in [0.717, 1.165) is 0 Å². The molecule has 20 heavy (non-hydrogen) atoms. The molecule has 0 saturated carbocycles. The lowest BCUT2D eigenvalue weighted by molar-refractivity contribution is -0.124. The summed E-state index contributed by atoms with van der Waals surface area (Å²) in [6, 6.07) is 6.52. The highest BCUT2D eigenvalue weighted by Crippen LogP contribution is 2.32. The third-order valence-corrected chi connectivity index (χ3v) is 2.50. The van der Waals surface area contributed by atoms with E-state index in [1.54, 1.807) is 6.07 Å². The Bertz CT molecular complexity index is 564. The van der Waals surface area contributed by atoms with Crippen LogP contribution in [0.15, 0.2) is 18.2 Å². The van der Waals surface area contributed by atoms with Crippen molar-refractivity contribution in [2.24, 2.45) is 0 Å². The molecule has 0 atom stereocenters. The highest BCUT2D eigenvalue weighted by molar-refractivity contribution is 5.92. The Morgan fingerprint density at radius 1 is 1.35 bits per heavy atom. The zero-order valence-corrected chi connectivity index (χ0v) is 10.5. The lowest BCUT2D eigenvalue weighted by Gasteiger charge is -2.05. The van der Waals surface area contributed by atoms with Gasteiger partial charge in [0.15, 0.2) is 18.1 Å².